The number of methoxy groups -OCH3 is 1. The van der Waals surface area contributed by atoms with Crippen molar-refractivity contribution in [1.29, 1.82) is 5.26 Å². The number of rotatable bonds is 5. The summed E-state index contributed by atoms with van der Waals surface area (Å²) >= 11 is 0.946. The van der Waals surface area contributed by atoms with Crippen LogP contribution in [0.15, 0.2) is 28.8 Å². The third-order valence-electron chi connectivity index (χ3n) is 3.52. The number of phenolic OH excluding ortho intramolecular Hbond substituents is 1. The number of carbonyl (C=O) groups is 2. The third-order valence-corrected chi connectivity index (χ3v) is 4.51. The Morgan fingerprint density at radius 1 is 1.60 bits per heavy atom. The smallest absolute Gasteiger partial charge is 0.316 e. The number of hydrogen-bond acceptors (Lipinski definition) is 8. The molecule has 0 aromatic heterocycles. The van der Waals surface area contributed by atoms with E-state index >= 15 is 0 Å². The van der Waals surface area contributed by atoms with Crippen LogP contribution in [0.1, 0.15) is 17.9 Å². The summed E-state index contributed by atoms with van der Waals surface area (Å²) in [6.07, 6.45) is -0.0763. The third kappa shape index (κ3) is 4.07. The average Bonchev–Trinajstić information content (AvgIpc) is 2.59. The number of nitrogens with one attached hydrogen (secondary N) is 1. The zero-order valence-corrected chi connectivity index (χ0v) is 13.8. The average molecular weight is 363 g/mol. The lowest BCUT2D eigenvalue weighted by atomic mass is 9.87. The van der Waals surface area contributed by atoms with Crippen molar-refractivity contribution >= 4 is 29.3 Å². The van der Waals surface area contributed by atoms with Crippen molar-refractivity contribution in [3.05, 3.63) is 44.5 Å². The number of thioether (sulfide) groups is 1. The summed E-state index contributed by atoms with van der Waals surface area (Å²) in [5.41, 5.74) is 0.0325. The van der Waals surface area contributed by atoms with Gasteiger partial charge < -0.3 is 15.2 Å². The fourth-order valence-electron chi connectivity index (χ4n) is 2.31. The van der Waals surface area contributed by atoms with E-state index in [0.29, 0.717) is 5.56 Å². The Morgan fingerprint density at radius 3 is 2.92 bits per heavy atom. The van der Waals surface area contributed by atoms with E-state index in [-0.39, 0.29) is 28.7 Å². The fraction of sp³-hybridized carbons (Fsp3) is 0.267. The second kappa shape index (κ2) is 7.67. The Bertz CT molecular complexity index is 814. The SMILES string of the molecule is COC(=O)CSC1=C(C#N)[C@H](c2ccc(O)c([N+](=O)[O-])c2)CC(=O)N1. The minimum atomic E-state index is -0.746. The Morgan fingerprint density at radius 2 is 2.32 bits per heavy atom. The molecule has 0 aliphatic carbocycles. The number of nitrogens with zero attached hydrogens (tertiary/aromatic N) is 2. The lowest BCUT2D eigenvalue weighted by Crippen LogP contribution is -2.31. The number of hydrogen-bond donors (Lipinski definition) is 2. The summed E-state index contributed by atoms with van der Waals surface area (Å²) in [5.74, 6) is -2.21. The molecule has 1 aliphatic rings. The molecule has 25 heavy (non-hydrogen) atoms. The topological polar surface area (TPSA) is 143 Å². The maximum atomic E-state index is 12.0. The van der Waals surface area contributed by atoms with Gasteiger partial charge in [0, 0.05) is 18.4 Å². The number of ether oxygens (including phenoxy) is 1. The van der Waals surface area contributed by atoms with Gasteiger partial charge in [0.15, 0.2) is 5.75 Å². The first-order chi connectivity index (χ1) is 11.9. The van der Waals surface area contributed by atoms with Crippen molar-refractivity contribution in [3.8, 4) is 11.8 Å². The van der Waals surface area contributed by atoms with Crippen LogP contribution in [-0.4, -0.2) is 34.8 Å². The molecule has 0 radical (unpaired) electrons. The number of nitro groups is 1. The van der Waals surface area contributed by atoms with Crippen LogP contribution in [0.2, 0.25) is 0 Å². The molecule has 130 valence electrons. The van der Waals surface area contributed by atoms with E-state index in [4.69, 9.17) is 0 Å². The van der Waals surface area contributed by atoms with Gasteiger partial charge in [0.05, 0.1) is 34.5 Å². The number of nitriles is 1. The monoisotopic (exact) mass is 363 g/mol. The molecule has 0 spiro atoms. The first-order valence-corrected chi connectivity index (χ1v) is 7.97. The molecular weight excluding hydrogens is 350 g/mol. The molecule has 0 saturated carbocycles. The molecule has 2 N–H and O–H groups in total. The molecular formula is C15H13N3O6S. The molecule has 0 fully saturated rings. The zero-order chi connectivity index (χ0) is 18.6. The standard InChI is InChI=1S/C15H13N3O6S/c1-24-14(21)7-25-15-10(6-16)9(5-13(20)17-15)8-2-3-12(19)11(4-8)18(22)23/h2-4,9,19H,5,7H2,1H3,(H,17,20)/t9-/m0/s1. The molecule has 10 heteroatoms. The van der Waals surface area contributed by atoms with Crippen LogP contribution in [0.4, 0.5) is 5.69 Å². The van der Waals surface area contributed by atoms with Crippen molar-refractivity contribution in [3.63, 3.8) is 0 Å². The summed E-state index contributed by atoms with van der Waals surface area (Å²) in [4.78, 5) is 33.5. The number of amides is 1. The lowest BCUT2D eigenvalue weighted by Gasteiger charge is -2.24. The first-order valence-electron chi connectivity index (χ1n) is 6.98. The number of phenols is 1. The van der Waals surface area contributed by atoms with Crippen LogP contribution < -0.4 is 5.32 Å². The van der Waals surface area contributed by atoms with Crippen LogP contribution >= 0.6 is 11.8 Å². The summed E-state index contributed by atoms with van der Waals surface area (Å²) in [6, 6.07) is 5.70. The predicted molar refractivity (Wildman–Crippen MR) is 87.4 cm³/mol. The highest BCUT2D eigenvalue weighted by Gasteiger charge is 2.31. The largest absolute Gasteiger partial charge is 0.502 e. The van der Waals surface area contributed by atoms with Crippen molar-refractivity contribution in [2.75, 3.05) is 12.9 Å². The van der Waals surface area contributed by atoms with Gasteiger partial charge in [-0.1, -0.05) is 17.8 Å². The zero-order valence-electron chi connectivity index (χ0n) is 13.0. The van der Waals surface area contributed by atoms with Crippen molar-refractivity contribution in [1.82, 2.24) is 5.32 Å². The number of nitro benzene ring substituents is 1. The Kier molecular flexibility index (Phi) is 5.61. The lowest BCUT2D eigenvalue weighted by molar-refractivity contribution is -0.385. The van der Waals surface area contributed by atoms with Gasteiger partial charge in [-0.3, -0.25) is 19.7 Å². The van der Waals surface area contributed by atoms with E-state index in [1.165, 1.54) is 13.2 Å². The molecule has 0 saturated heterocycles. The van der Waals surface area contributed by atoms with Crippen LogP contribution in [0.5, 0.6) is 5.75 Å². The minimum absolute atomic E-state index is 0.0763. The normalized spacial score (nSPS) is 16.8. The fourth-order valence-corrected chi connectivity index (χ4v) is 3.22. The van der Waals surface area contributed by atoms with Crippen molar-refractivity contribution in [2.24, 2.45) is 0 Å². The van der Waals surface area contributed by atoms with Gasteiger partial charge in [0.25, 0.3) is 0 Å². The number of allylic oxidation sites excluding steroid dienone is 1. The van der Waals surface area contributed by atoms with Crippen LogP contribution in [0, 0.1) is 21.4 Å². The summed E-state index contributed by atoms with van der Waals surface area (Å²) in [7, 11) is 1.22. The molecule has 1 heterocycles. The number of esters is 1. The minimum Gasteiger partial charge on any atom is -0.502 e. The molecule has 1 atom stereocenters. The summed E-state index contributed by atoms with van der Waals surface area (Å²) in [6.45, 7) is 0. The van der Waals surface area contributed by atoms with Gasteiger partial charge in [0.1, 0.15) is 0 Å². The molecule has 9 nitrogen and oxygen atoms in total. The Balaban J connectivity index is 2.43. The molecule has 1 aliphatic heterocycles. The van der Waals surface area contributed by atoms with Gasteiger partial charge in [-0.15, -0.1) is 0 Å². The summed E-state index contributed by atoms with van der Waals surface area (Å²) in [5, 5.41) is 32.7. The van der Waals surface area contributed by atoms with Gasteiger partial charge in [0.2, 0.25) is 5.91 Å². The molecule has 1 aromatic carbocycles. The molecule has 1 amide bonds. The Labute approximate surface area is 146 Å². The number of carbonyl (C=O) groups excluding carboxylic acids is 2. The molecule has 0 unspecified atom stereocenters. The second-order valence-electron chi connectivity index (χ2n) is 5.03. The van der Waals surface area contributed by atoms with Gasteiger partial charge in [-0.05, 0) is 11.6 Å². The van der Waals surface area contributed by atoms with Gasteiger partial charge in [-0.25, -0.2) is 0 Å². The number of benzene rings is 1. The van der Waals surface area contributed by atoms with E-state index in [9.17, 15) is 30.1 Å². The molecule has 2 rings (SSSR count). The highest BCUT2D eigenvalue weighted by atomic mass is 32.2. The number of aromatic hydroxyl groups is 1. The molecule has 0 bridgehead atoms. The maximum Gasteiger partial charge on any atom is 0.316 e. The van der Waals surface area contributed by atoms with Gasteiger partial charge in [-0.2, -0.15) is 5.26 Å². The summed E-state index contributed by atoms with van der Waals surface area (Å²) < 4.78 is 4.52. The Hall–Kier alpha value is -3.06. The van der Waals surface area contributed by atoms with Gasteiger partial charge >= 0.3 is 11.7 Å². The molecule has 1 aromatic rings. The maximum absolute atomic E-state index is 12.0. The van der Waals surface area contributed by atoms with E-state index in [1.54, 1.807) is 0 Å². The van der Waals surface area contributed by atoms with Crippen molar-refractivity contribution in [2.45, 2.75) is 12.3 Å². The highest BCUT2D eigenvalue weighted by Crippen LogP contribution is 2.38. The quantitative estimate of drug-likeness (QED) is 0.456. The van der Waals surface area contributed by atoms with Crippen LogP contribution in [0.3, 0.4) is 0 Å². The van der Waals surface area contributed by atoms with E-state index in [0.717, 1.165) is 23.9 Å². The van der Waals surface area contributed by atoms with E-state index in [2.05, 4.69) is 10.1 Å². The highest BCUT2D eigenvalue weighted by molar-refractivity contribution is 8.03. The van der Waals surface area contributed by atoms with Crippen LogP contribution in [-0.2, 0) is 14.3 Å². The van der Waals surface area contributed by atoms with Crippen molar-refractivity contribution < 1.29 is 24.4 Å². The first kappa shape index (κ1) is 18.3. The van der Waals surface area contributed by atoms with E-state index in [1.807, 2.05) is 6.07 Å². The predicted octanol–water partition coefficient (Wildman–Crippen LogP) is 1.55. The second-order valence-corrected chi connectivity index (χ2v) is 6.02. The van der Waals surface area contributed by atoms with E-state index < -0.39 is 28.2 Å². The van der Waals surface area contributed by atoms with Crippen LogP contribution in [0.25, 0.3) is 0 Å².